The van der Waals surface area contributed by atoms with Crippen molar-refractivity contribution in [3.63, 3.8) is 0 Å². The van der Waals surface area contributed by atoms with Gasteiger partial charge in [-0.25, -0.2) is 4.79 Å². The fourth-order valence-electron chi connectivity index (χ4n) is 10.4. The van der Waals surface area contributed by atoms with Crippen LogP contribution >= 0.6 is 0 Å². The molecule has 4 aromatic rings. The van der Waals surface area contributed by atoms with Crippen molar-refractivity contribution in [2.24, 2.45) is 23.2 Å². The minimum Gasteiger partial charge on any atom is -0.445 e. The number of amides is 1. The van der Waals surface area contributed by atoms with Gasteiger partial charge in [-0.05, 0) is 96.8 Å². The third-order valence-corrected chi connectivity index (χ3v) is 12.7. The summed E-state index contributed by atoms with van der Waals surface area (Å²) in [4.78, 5) is 16.1. The summed E-state index contributed by atoms with van der Waals surface area (Å²) in [5.41, 5.74) is 4.52. The van der Waals surface area contributed by atoms with Gasteiger partial charge in [-0.2, -0.15) is 0 Å². The van der Waals surface area contributed by atoms with Crippen molar-refractivity contribution in [1.82, 2.24) is 4.90 Å². The molecule has 4 aromatic carbocycles. The van der Waals surface area contributed by atoms with Gasteiger partial charge < -0.3 is 23.7 Å². The normalized spacial score (nSPS) is 27.9. The van der Waals surface area contributed by atoms with E-state index in [9.17, 15) is 4.79 Å². The molecule has 0 unspecified atom stereocenters. The topological polar surface area (TPSA) is 66.5 Å². The predicted octanol–water partition coefficient (Wildman–Crippen LogP) is 10.3. The Morgan fingerprint density at radius 1 is 0.596 bits per heavy atom. The van der Waals surface area contributed by atoms with E-state index >= 15 is 0 Å². The molecule has 57 heavy (non-hydrogen) atoms. The van der Waals surface area contributed by atoms with Crippen molar-refractivity contribution in [3.8, 4) is 0 Å². The number of nitrogens with zero attached hydrogens (tertiary/aromatic N) is 1. The third kappa shape index (κ3) is 10.6. The molecular weight excluding hydrogens is 711 g/mol. The zero-order valence-electron chi connectivity index (χ0n) is 33.2. The Hall–Kier alpha value is -4.27. The number of piperidine rings is 1. The van der Waals surface area contributed by atoms with Gasteiger partial charge in [0.1, 0.15) is 24.9 Å². The molecule has 7 heteroatoms. The molecule has 5 aliphatic rings. The third-order valence-electron chi connectivity index (χ3n) is 12.7. The molecule has 9 rings (SSSR count). The molecule has 4 aliphatic carbocycles. The van der Waals surface area contributed by atoms with Gasteiger partial charge in [0.15, 0.2) is 0 Å². The number of hydrogen-bond acceptors (Lipinski definition) is 6. The van der Waals surface area contributed by atoms with Crippen LogP contribution in [-0.2, 0) is 50.1 Å². The molecule has 7 nitrogen and oxygen atoms in total. The molecule has 4 atom stereocenters. The number of rotatable bonds is 18. The Morgan fingerprint density at radius 3 is 1.60 bits per heavy atom. The van der Waals surface area contributed by atoms with Crippen LogP contribution in [0, 0.1) is 23.2 Å². The molecule has 0 spiro atoms. The predicted molar refractivity (Wildman–Crippen MR) is 222 cm³/mol. The van der Waals surface area contributed by atoms with Crippen LogP contribution in [0.15, 0.2) is 133 Å². The van der Waals surface area contributed by atoms with Crippen molar-refractivity contribution >= 4 is 6.09 Å². The molecule has 5 fully saturated rings. The van der Waals surface area contributed by atoms with Crippen LogP contribution in [0.5, 0.6) is 0 Å². The minimum atomic E-state index is -0.510. The van der Waals surface area contributed by atoms with Gasteiger partial charge in [0.2, 0.25) is 0 Å². The van der Waals surface area contributed by atoms with E-state index in [-0.39, 0.29) is 18.7 Å². The van der Waals surface area contributed by atoms with Crippen molar-refractivity contribution in [3.05, 3.63) is 156 Å². The van der Waals surface area contributed by atoms with Crippen LogP contribution in [0.4, 0.5) is 4.79 Å². The van der Waals surface area contributed by atoms with E-state index in [1.165, 1.54) is 38.5 Å². The molecular formula is C50H59NO6. The smallest absolute Gasteiger partial charge is 0.410 e. The Balaban J connectivity index is 1.01. The Kier molecular flexibility index (Phi) is 13.5. The number of carbonyl (C=O) groups is 1. The van der Waals surface area contributed by atoms with Crippen molar-refractivity contribution in [1.29, 1.82) is 0 Å². The summed E-state index contributed by atoms with van der Waals surface area (Å²) in [7, 11) is 0. The quantitative estimate of drug-likeness (QED) is 0.0742. The van der Waals surface area contributed by atoms with Crippen molar-refractivity contribution < 1.29 is 28.5 Å². The van der Waals surface area contributed by atoms with E-state index < -0.39 is 18.3 Å². The van der Waals surface area contributed by atoms with Crippen LogP contribution in [0.25, 0.3) is 0 Å². The first-order chi connectivity index (χ1) is 28.1. The highest BCUT2D eigenvalue weighted by Crippen LogP contribution is 2.60. The first kappa shape index (κ1) is 39.6. The highest BCUT2D eigenvalue weighted by molar-refractivity contribution is 5.68. The molecule has 1 aliphatic heterocycles. The highest BCUT2D eigenvalue weighted by Gasteiger charge is 2.51. The molecule has 300 valence electrons. The fourth-order valence-corrected chi connectivity index (χ4v) is 10.4. The second-order valence-electron chi connectivity index (χ2n) is 17.1. The standard InChI is InChI=1S/C50H59NO6/c52-49(57-36-41-22-12-4-13-23-41)51-32-46(54-33-38-16-6-1-7-17-38)48(56-35-40-20-10-3-11-21-40)47(55-34-39-18-8-2-9-19-39)45(51)24-14-5-15-25-53-37-50-29-42-26-43(30-50)28-44(27-42)31-50/h1-14,16-23,42-48H,15,24-37H2/b14-5+/t42?,43?,44?,45-,46-,47+,48+,50?/m1/s1. The second kappa shape index (κ2) is 19.5. The number of likely N-dealkylation sites (tertiary alicyclic amines) is 1. The van der Waals surface area contributed by atoms with Gasteiger partial charge in [-0.15, -0.1) is 0 Å². The summed E-state index contributed by atoms with van der Waals surface area (Å²) < 4.78 is 32.9. The Morgan fingerprint density at radius 2 is 1.07 bits per heavy atom. The molecule has 0 aromatic heterocycles. The maximum Gasteiger partial charge on any atom is 0.410 e. The van der Waals surface area contributed by atoms with Gasteiger partial charge in [0.05, 0.1) is 45.6 Å². The fraction of sp³-hybridized carbons (Fsp3) is 0.460. The van der Waals surface area contributed by atoms with E-state index in [0.29, 0.717) is 44.8 Å². The molecule has 0 radical (unpaired) electrons. The van der Waals surface area contributed by atoms with Crippen molar-refractivity contribution in [2.75, 3.05) is 19.8 Å². The maximum absolute atomic E-state index is 14.3. The maximum atomic E-state index is 14.3. The van der Waals surface area contributed by atoms with E-state index in [4.69, 9.17) is 23.7 Å². The lowest BCUT2D eigenvalue weighted by Crippen LogP contribution is -2.64. The monoisotopic (exact) mass is 769 g/mol. The summed E-state index contributed by atoms with van der Waals surface area (Å²) in [6.45, 7) is 3.23. The molecule has 1 amide bonds. The minimum absolute atomic E-state index is 0.179. The number of benzene rings is 4. The highest BCUT2D eigenvalue weighted by atomic mass is 16.6. The zero-order chi connectivity index (χ0) is 38.7. The van der Waals surface area contributed by atoms with E-state index in [2.05, 4.69) is 48.6 Å². The van der Waals surface area contributed by atoms with E-state index in [1.54, 1.807) is 0 Å². The molecule has 4 bridgehead atoms. The summed E-state index contributed by atoms with van der Waals surface area (Å²) in [6, 6.07) is 40.0. The van der Waals surface area contributed by atoms with E-state index in [1.807, 2.05) is 89.8 Å². The van der Waals surface area contributed by atoms with Crippen LogP contribution in [0.1, 0.15) is 73.6 Å². The number of carbonyl (C=O) groups excluding carboxylic acids is 1. The molecule has 1 saturated heterocycles. The summed E-state index contributed by atoms with van der Waals surface area (Å²) >= 11 is 0. The second-order valence-corrected chi connectivity index (χ2v) is 17.1. The van der Waals surface area contributed by atoms with Crippen LogP contribution < -0.4 is 0 Å². The van der Waals surface area contributed by atoms with Gasteiger partial charge in [-0.1, -0.05) is 133 Å². The van der Waals surface area contributed by atoms with Gasteiger partial charge in [0.25, 0.3) is 0 Å². The number of ether oxygens (including phenoxy) is 5. The lowest BCUT2D eigenvalue weighted by Gasteiger charge is -2.56. The zero-order valence-corrected chi connectivity index (χ0v) is 33.2. The summed E-state index contributed by atoms with van der Waals surface area (Å²) in [5.74, 6) is 2.79. The summed E-state index contributed by atoms with van der Waals surface area (Å²) in [6.07, 6.45) is 12.4. The first-order valence-corrected chi connectivity index (χ1v) is 21.3. The first-order valence-electron chi connectivity index (χ1n) is 21.3. The molecule has 4 saturated carbocycles. The Labute approximate surface area is 339 Å². The van der Waals surface area contributed by atoms with E-state index in [0.717, 1.165) is 53.0 Å². The van der Waals surface area contributed by atoms with Gasteiger partial charge in [-0.3, -0.25) is 4.90 Å². The SMILES string of the molecule is O=C(OCc1ccccc1)N1C[C@@H](OCc2ccccc2)[C@H](OCc2ccccc2)[C@@H](OCc2ccccc2)[C@H]1C/C=C/CCOCC12CC3CC(CC(C3)C1)C2. The van der Waals surface area contributed by atoms with Crippen LogP contribution in [-0.4, -0.2) is 55.1 Å². The lowest BCUT2D eigenvalue weighted by molar-refractivity contribution is -0.197. The average Bonchev–Trinajstić information content (AvgIpc) is 3.24. The van der Waals surface area contributed by atoms with Gasteiger partial charge >= 0.3 is 6.09 Å². The molecule has 1 heterocycles. The molecule has 0 N–H and O–H groups in total. The average molecular weight is 770 g/mol. The lowest BCUT2D eigenvalue weighted by atomic mass is 9.50. The largest absolute Gasteiger partial charge is 0.445 e. The summed E-state index contributed by atoms with van der Waals surface area (Å²) in [5, 5.41) is 0. The van der Waals surface area contributed by atoms with Gasteiger partial charge in [0, 0.05) is 0 Å². The van der Waals surface area contributed by atoms with Crippen LogP contribution in [0.2, 0.25) is 0 Å². The Bertz CT molecular complexity index is 1800. The van der Waals surface area contributed by atoms with Crippen LogP contribution in [0.3, 0.4) is 0 Å². The number of hydrogen-bond donors (Lipinski definition) is 0. The van der Waals surface area contributed by atoms with Crippen molar-refractivity contribution in [2.45, 2.75) is 102 Å².